The topological polar surface area (TPSA) is 58.2 Å². The fourth-order valence-corrected chi connectivity index (χ4v) is 2.84. The molecule has 0 saturated carbocycles. The second-order valence-electron chi connectivity index (χ2n) is 5.16. The molecule has 0 unspecified atom stereocenters. The summed E-state index contributed by atoms with van der Waals surface area (Å²) in [6.45, 7) is 0.418. The Morgan fingerprint density at radius 3 is 2.09 bits per heavy atom. The number of nitrogens with one attached hydrogen (secondary N) is 1. The molecule has 5 atom stereocenters. The van der Waals surface area contributed by atoms with Crippen molar-refractivity contribution in [3.63, 3.8) is 0 Å². The van der Waals surface area contributed by atoms with Gasteiger partial charge in [0.15, 0.2) is 6.23 Å². The molecule has 6 nitrogen and oxygen atoms in total. The second kappa shape index (κ2) is 8.45. The van der Waals surface area contributed by atoms with Crippen LogP contribution in [-0.2, 0) is 23.7 Å². The zero-order valence-electron chi connectivity index (χ0n) is 13.5. The number of methoxy groups -OCH3 is 4. The highest BCUT2D eigenvalue weighted by Gasteiger charge is 2.47. The number of para-hydroxylation sites is 1. The SMILES string of the molecule is COC[C@H]1O[C@@H](Nc2ccccc2)[C@@H](OC)[C@@H](OC)[C@@H]1OC. The quantitative estimate of drug-likeness (QED) is 0.824. The van der Waals surface area contributed by atoms with E-state index in [9.17, 15) is 0 Å². The summed E-state index contributed by atoms with van der Waals surface area (Å²) < 4.78 is 28.1. The van der Waals surface area contributed by atoms with E-state index in [0.29, 0.717) is 6.61 Å². The average Bonchev–Trinajstić information content (AvgIpc) is 2.55. The maximum atomic E-state index is 6.10. The van der Waals surface area contributed by atoms with Gasteiger partial charge in [-0.25, -0.2) is 0 Å². The summed E-state index contributed by atoms with van der Waals surface area (Å²) in [7, 11) is 6.57. The van der Waals surface area contributed by atoms with E-state index in [4.69, 9.17) is 23.7 Å². The predicted octanol–water partition coefficient (Wildman–Crippen LogP) is 1.51. The molecule has 1 heterocycles. The van der Waals surface area contributed by atoms with Gasteiger partial charge in [-0.1, -0.05) is 18.2 Å². The number of ether oxygens (including phenoxy) is 5. The molecule has 0 amide bonds. The van der Waals surface area contributed by atoms with Gasteiger partial charge in [0.1, 0.15) is 24.4 Å². The molecule has 1 aromatic carbocycles. The molecule has 0 aliphatic carbocycles. The molecule has 6 heteroatoms. The van der Waals surface area contributed by atoms with Gasteiger partial charge < -0.3 is 29.0 Å². The number of anilines is 1. The first-order chi connectivity index (χ1) is 10.7. The molecule has 22 heavy (non-hydrogen) atoms. The standard InChI is InChI=1S/C16H25NO5/c1-18-10-12-13(19-2)14(20-3)15(21-4)16(22-12)17-11-8-6-5-7-9-11/h5-9,12-17H,10H2,1-4H3/t12-,13-,14+,15+,16-/m1/s1. The lowest BCUT2D eigenvalue weighted by molar-refractivity contribution is -0.243. The van der Waals surface area contributed by atoms with E-state index in [1.165, 1.54) is 0 Å². The lowest BCUT2D eigenvalue weighted by atomic mass is 9.97. The first kappa shape index (κ1) is 17.2. The van der Waals surface area contributed by atoms with Gasteiger partial charge in [-0.15, -0.1) is 0 Å². The highest BCUT2D eigenvalue weighted by Crippen LogP contribution is 2.28. The van der Waals surface area contributed by atoms with Gasteiger partial charge in [0.05, 0.1) is 6.61 Å². The monoisotopic (exact) mass is 311 g/mol. The van der Waals surface area contributed by atoms with Crippen LogP contribution in [0.5, 0.6) is 0 Å². The predicted molar refractivity (Wildman–Crippen MR) is 83.0 cm³/mol. The Hall–Kier alpha value is -1.18. The Bertz CT molecular complexity index is 430. The molecule has 0 aromatic heterocycles. The van der Waals surface area contributed by atoms with Crippen molar-refractivity contribution in [3.05, 3.63) is 30.3 Å². The van der Waals surface area contributed by atoms with Crippen LogP contribution in [0.3, 0.4) is 0 Å². The molecule has 1 N–H and O–H groups in total. The fraction of sp³-hybridized carbons (Fsp3) is 0.625. The molecule has 1 aliphatic heterocycles. The van der Waals surface area contributed by atoms with Gasteiger partial charge in [-0.2, -0.15) is 0 Å². The number of hydrogen-bond donors (Lipinski definition) is 1. The fourth-order valence-electron chi connectivity index (χ4n) is 2.84. The molecular formula is C16H25NO5. The minimum absolute atomic E-state index is 0.243. The van der Waals surface area contributed by atoms with Crippen molar-refractivity contribution in [3.8, 4) is 0 Å². The van der Waals surface area contributed by atoms with Gasteiger partial charge >= 0.3 is 0 Å². The van der Waals surface area contributed by atoms with Crippen LogP contribution in [0.2, 0.25) is 0 Å². The van der Waals surface area contributed by atoms with Crippen LogP contribution in [0.25, 0.3) is 0 Å². The lowest BCUT2D eigenvalue weighted by Gasteiger charge is -2.45. The molecule has 0 radical (unpaired) electrons. The Kier molecular flexibility index (Phi) is 6.60. The maximum absolute atomic E-state index is 6.10. The molecular weight excluding hydrogens is 286 g/mol. The van der Waals surface area contributed by atoms with Gasteiger partial charge in [0.2, 0.25) is 0 Å². The van der Waals surface area contributed by atoms with Gasteiger partial charge in [-0.05, 0) is 12.1 Å². The molecule has 1 fully saturated rings. The van der Waals surface area contributed by atoms with E-state index in [1.807, 2.05) is 30.3 Å². The number of benzene rings is 1. The van der Waals surface area contributed by atoms with Crippen molar-refractivity contribution in [2.75, 3.05) is 40.4 Å². The summed E-state index contributed by atoms with van der Waals surface area (Å²) >= 11 is 0. The zero-order chi connectivity index (χ0) is 15.9. The maximum Gasteiger partial charge on any atom is 0.157 e. The van der Waals surface area contributed by atoms with Crippen LogP contribution in [-0.4, -0.2) is 65.7 Å². The second-order valence-corrected chi connectivity index (χ2v) is 5.16. The average molecular weight is 311 g/mol. The van der Waals surface area contributed by atoms with Crippen LogP contribution in [0.4, 0.5) is 5.69 Å². The molecule has 0 bridgehead atoms. The van der Waals surface area contributed by atoms with Gasteiger partial charge in [-0.3, -0.25) is 0 Å². The van der Waals surface area contributed by atoms with Gasteiger partial charge in [0.25, 0.3) is 0 Å². The Labute approximate surface area is 131 Å². The van der Waals surface area contributed by atoms with E-state index in [1.54, 1.807) is 28.4 Å². The van der Waals surface area contributed by atoms with Crippen molar-refractivity contribution in [1.82, 2.24) is 0 Å². The van der Waals surface area contributed by atoms with E-state index < -0.39 is 0 Å². The van der Waals surface area contributed by atoms with Crippen LogP contribution in [0, 0.1) is 0 Å². The first-order valence-corrected chi connectivity index (χ1v) is 7.29. The molecule has 0 spiro atoms. The van der Waals surface area contributed by atoms with E-state index in [2.05, 4.69) is 5.32 Å². The summed E-state index contributed by atoms with van der Waals surface area (Å²) in [6.07, 6.45) is -1.42. The third kappa shape index (κ3) is 3.77. The van der Waals surface area contributed by atoms with Crippen LogP contribution in [0.15, 0.2) is 30.3 Å². The number of hydrogen-bond acceptors (Lipinski definition) is 6. The smallest absolute Gasteiger partial charge is 0.157 e. The van der Waals surface area contributed by atoms with Crippen molar-refractivity contribution in [2.24, 2.45) is 0 Å². The Morgan fingerprint density at radius 2 is 1.55 bits per heavy atom. The van der Waals surface area contributed by atoms with E-state index in [-0.39, 0.29) is 30.6 Å². The van der Waals surface area contributed by atoms with Crippen molar-refractivity contribution >= 4 is 5.69 Å². The summed E-state index contributed by atoms with van der Waals surface area (Å²) in [5.41, 5.74) is 0.955. The third-order valence-electron chi connectivity index (χ3n) is 3.86. The summed E-state index contributed by atoms with van der Waals surface area (Å²) in [5, 5.41) is 3.34. The number of rotatable bonds is 7. The molecule has 1 aliphatic rings. The third-order valence-corrected chi connectivity index (χ3v) is 3.86. The Morgan fingerprint density at radius 1 is 0.909 bits per heavy atom. The molecule has 1 saturated heterocycles. The largest absolute Gasteiger partial charge is 0.382 e. The van der Waals surface area contributed by atoms with Gasteiger partial charge in [0, 0.05) is 34.1 Å². The first-order valence-electron chi connectivity index (χ1n) is 7.29. The van der Waals surface area contributed by atoms with Crippen molar-refractivity contribution < 1.29 is 23.7 Å². The summed E-state index contributed by atoms with van der Waals surface area (Å²) in [4.78, 5) is 0. The molecule has 1 aromatic rings. The highest BCUT2D eigenvalue weighted by atomic mass is 16.6. The lowest BCUT2D eigenvalue weighted by Crippen LogP contribution is -2.62. The van der Waals surface area contributed by atoms with E-state index >= 15 is 0 Å². The summed E-state index contributed by atoms with van der Waals surface area (Å²) in [6, 6.07) is 9.85. The summed E-state index contributed by atoms with van der Waals surface area (Å²) in [5.74, 6) is 0. The van der Waals surface area contributed by atoms with Crippen LogP contribution in [0.1, 0.15) is 0 Å². The van der Waals surface area contributed by atoms with Crippen LogP contribution < -0.4 is 5.32 Å². The minimum atomic E-state index is -0.358. The molecule has 124 valence electrons. The van der Waals surface area contributed by atoms with Crippen molar-refractivity contribution in [1.29, 1.82) is 0 Å². The highest BCUT2D eigenvalue weighted by molar-refractivity contribution is 5.43. The van der Waals surface area contributed by atoms with E-state index in [0.717, 1.165) is 5.69 Å². The Balaban J connectivity index is 2.19. The molecule has 2 rings (SSSR count). The van der Waals surface area contributed by atoms with Crippen LogP contribution >= 0.6 is 0 Å². The minimum Gasteiger partial charge on any atom is -0.382 e. The normalized spacial score (nSPS) is 31.9. The van der Waals surface area contributed by atoms with Crippen molar-refractivity contribution in [2.45, 2.75) is 30.6 Å². The zero-order valence-corrected chi connectivity index (χ0v) is 13.5.